The molecule has 18 N–H and O–H groups in total. The van der Waals surface area contributed by atoms with Crippen LogP contribution in [0.3, 0.4) is 0 Å². The molecule has 6 aromatic carbocycles. The second-order valence-electron chi connectivity index (χ2n) is 20.6. The predicted molar refractivity (Wildman–Crippen MR) is 268 cm³/mol. The number of fused-ring (bicyclic) bond motifs is 10. The van der Waals surface area contributed by atoms with Gasteiger partial charge >= 0.3 is 29.8 Å². The van der Waals surface area contributed by atoms with Crippen molar-refractivity contribution < 1.29 is 154 Å². The summed E-state index contributed by atoms with van der Waals surface area (Å²) in [6.45, 7) is -1.59. The molecule has 1 aliphatic carbocycles. The fourth-order valence-corrected chi connectivity index (χ4v) is 12.4. The second-order valence-corrected chi connectivity index (χ2v) is 20.6. The Labute approximate surface area is 473 Å². The zero-order chi connectivity index (χ0) is 61.7. The molecule has 0 radical (unpaired) electrons. The number of Topliss-reactive ketones (excluding diaryl/α,β-unsaturated/α-hetero) is 1. The molecule has 0 amide bonds. The molecule has 1 spiro atoms. The van der Waals surface area contributed by atoms with Crippen molar-refractivity contribution in [2.45, 2.75) is 54.6 Å². The lowest BCUT2D eigenvalue weighted by Crippen LogP contribution is -2.65. The number of aliphatic hydroxyl groups excluding tert-OH is 2. The fraction of sp³-hybridized carbons (Fsp3) is 0.200. The number of hydrogen-bond acceptors (Lipinski definition) is 31. The van der Waals surface area contributed by atoms with Gasteiger partial charge in [-0.25, -0.2) is 19.2 Å². The third-order valence-corrected chi connectivity index (χ3v) is 16.2. The van der Waals surface area contributed by atoms with Crippen LogP contribution in [0.1, 0.15) is 75.7 Å². The van der Waals surface area contributed by atoms with Crippen LogP contribution in [-0.4, -0.2) is 170 Å². The van der Waals surface area contributed by atoms with Gasteiger partial charge in [-0.15, -0.1) is 0 Å². The molecule has 14 rings (SSSR count). The van der Waals surface area contributed by atoms with E-state index < -0.39 is 273 Å². The van der Waals surface area contributed by atoms with Crippen molar-refractivity contribution in [3.63, 3.8) is 0 Å². The minimum atomic E-state index is -3.20. The second kappa shape index (κ2) is 17.6. The first kappa shape index (κ1) is 53.5. The molecule has 0 saturated carbocycles. The van der Waals surface area contributed by atoms with E-state index in [9.17, 15) is 96.7 Å². The molecular weight excluding hydrogens is 1160 g/mol. The van der Waals surface area contributed by atoms with Crippen molar-refractivity contribution >= 4 is 41.2 Å². The number of phenolic OH excluding ortho intramolecular Hbond substituents is 16. The van der Waals surface area contributed by atoms with E-state index in [1.54, 1.807) is 0 Å². The molecule has 0 aromatic heterocycles. The van der Waals surface area contributed by atoms with Gasteiger partial charge < -0.3 is 125 Å². The normalized spacial score (nSPS) is 24.9. The highest BCUT2D eigenvalue weighted by Gasteiger charge is 2.76. The SMILES string of the molecule is O=C1OC[C@H]2OC(=O)c3cc(O)c(O)c(O)c3-c3c(O)c(O)c(O)c4c3C(=O)O[C@H]([C@H]3OC(=O)[C@@H]5C4=C(O)C(=O)[C@]54Oc5c6c(cc(O)c5[C@H]34)O[C@H](c3cc(O)c(O)c(O)c3)[C@@H](O)C6)[C@@H]2OC(=O)c2cc(O)c(O)c(O)c2-c2c1cc(O)c(O)c2O. The number of benzene rings is 6. The summed E-state index contributed by atoms with van der Waals surface area (Å²) >= 11 is 0. The minimum absolute atomic E-state index is 0.169. The molecule has 1 saturated heterocycles. The minimum Gasteiger partial charge on any atom is -0.507 e. The molecule has 8 aliphatic rings. The number of hydrogen-bond donors (Lipinski definition) is 18. The third kappa shape index (κ3) is 6.80. The van der Waals surface area contributed by atoms with Crippen LogP contribution in [0.25, 0.3) is 27.8 Å². The predicted octanol–water partition coefficient (Wildman–Crippen LogP) is 2.13. The quantitative estimate of drug-likeness (QED) is 0.0637. The monoisotopic (exact) mass is 1190 g/mol. The van der Waals surface area contributed by atoms with E-state index in [1.807, 2.05) is 0 Å². The van der Waals surface area contributed by atoms with E-state index in [1.165, 1.54) is 0 Å². The Balaban J connectivity index is 1.12. The molecule has 9 atom stereocenters. The topological polar surface area (TPSA) is 531 Å². The Morgan fingerprint density at radius 1 is 0.442 bits per heavy atom. The Hall–Kier alpha value is -11.8. The first-order valence-corrected chi connectivity index (χ1v) is 24.9. The summed E-state index contributed by atoms with van der Waals surface area (Å²) < 4.78 is 42.2. The Kier molecular flexibility index (Phi) is 11.0. The number of carbonyl (C=O) groups is 6. The van der Waals surface area contributed by atoms with Crippen LogP contribution in [0.4, 0.5) is 0 Å². The van der Waals surface area contributed by atoms with Crippen LogP contribution in [0.15, 0.2) is 42.2 Å². The molecule has 1 fully saturated rings. The third-order valence-electron chi connectivity index (χ3n) is 16.2. The fourth-order valence-electron chi connectivity index (χ4n) is 12.4. The molecular formula is C55H36O31. The van der Waals surface area contributed by atoms with Gasteiger partial charge in [-0.05, 0) is 30.3 Å². The average Bonchev–Trinajstić information content (AvgIpc) is 1.50. The molecule has 86 heavy (non-hydrogen) atoms. The van der Waals surface area contributed by atoms with Crippen molar-refractivity contribution in [3.05, 3.63) is 86.7 Å². The Morgan fingerprint density at radius 2 is 0.942 bits per heavy atom. The lowest BCUT2D eigenvalue weighted by atomic mass is 9.66. The molecule has 6 bridgehead atoms. The zero-order valence-corrected chi connectivity index (χ0v) is 42.4. The number of cyclic esters (lactones) is 1. The molecule has 442 valence electrons. The maximum absolute atomic E-state index is 15.7. The lowest BCUT2D eigenvalue weighted by Gasteiger charge is -2.47. The van der Waals surface area contributed by atoms with E-state index in [2.05, 4.69) is 0 Å². The summed E-state index contributed by atoms with van der Waals surface area (Å²) in [5.41, 5.74) is -17.2. The van der Waals surface area contributed by atoms with Crippen LogP contribution in [-0.2, 0) is 39.7 Å². The smallest absolute Gasteiger partial charge is 0.340 e. The van der Waals surface area contributed by atoms with Gasteiger partial charge in [0.1, 0.15) is 29.8 Å². The Bertz CT molecular complexity index is 4270. The first-order valence-electron chi connectivity index (χ1n) is 24.9. The van der Waals surface area contributed by atoms with Crippen molar-refractivity contribution in [1.29, 1.82) is 0 Å². The maximum atomic E-state index is 15.7. The molecule has 7 aliphatic heterocycles. The van der Waals surface area contributed by atoms with Crippen LogP contribution < -0.4 is 9.47 Å². The van der Waals surface area contributed by atoms with Gasteiger partial charge in [-0.2, -0.15) is 0 Å². The molecule has 31 nitrogen and oxygen atoms in total. The highest BCUT2D eigenvalue weighted by atomic mass is 16.6. The van der Waals surface area contributed by atoms with Crippen molar-refractivity contribution in [3.8, 4) is 126 Å². The summed E-state index contributed by atoms with van der Waals surface area (Å²) in [5.74, 6) is -41.0. The zero-order valence-electron chi connectivity index (χ0n) is 42.4. The van der Waals surface area contributed by atoms with Gasteiger partial charge in [0.15, 0.2) is 99.5 Å². The molecule has 31 heteroatoms. The van der Waals surface area contributed by atoms with Gasteiger partial charge in [0, 0.05) is 62.6 Å². The molecule has 0 unspecified atom stereocenters. The van der Waals surface area contributed by atoms with Crippen LogP contribution in [0.2, 0.25) is 0 Å². The van der Waals surface area contributed by atoms with Crippen LogP contribution in [0.5, 0.6) is 103 Å². The highest BCUT2D eigenvalue weighted by Crippen LogP contribution is 2.68. The Morgan fingerprint density at radius 3 is 1.52 bits per heavy atom. The van der Waals surface area contributed by atoms with Gasteiger partial charge in [0.05, 0.1) is 34.3 Å². The number of rotatable bonds is 1. The van der Waals surface area contributed by atoms with Crippen LogP contribution in [0, 0.1) is 5.92 Å². The summed E-state index contributed by atoms with van der Waals surface area (Å²) in [4.78, 5) is 91.5. The average molecular weight is 1190 g/mol. The number of ketones is 1. The summed E-state index contributed by atoms with van der Waals surface area (Å²) in [6.07, 6.45) is -15.1. The molecule has 6 aromatic rings. The number of aromatic hydroxyl groups is 16. The summed E-state index contributed by atoms with van der Waals surface area (Å²) in [7, 11) is 0. The van der Waals surface area contributed by atoms with Crippen molar-refractivity contribution in [2.24, 2.45) is 5.92 Å². The standard InChI is InChI=1S/C55H36O31/c56-14-7-21-10(3-20(62)44(81-21)9-1-15(57)33(63)16(58)2-9)45-26(14)31-47-48-46-22(8-80-50(75)11-4-17(59)34(64)37(67)23(11)24-12(52(77)83-46)5-18(60)35(65)38(24)68)82-51(76)13-6-19(61)36(66)39(69)25(13)27-29(53(78)85-48)28(41(71)43(73)40(27)70)30-32(54(79)84-47)55(31,86-45)49(74)42(30)72/h1-2,4-7,20,22,31-32,44,46-48,56-73H,3,8H2/t20-,22+,31+,32-,44+,46+,47-,48-,55+/m0/s1. The van der Waals surface area contributed by atoms with Gasteiger partial charge in [-0.1, -0.05) is 0 Å². The highest BCUT2D eigenvalue weighted by molar-refractivity contribution is 6.22. The van der Waals surface area contributed by atoms with Gasteiger partial charge in [-0.3, -0.25) is 9.59 Å². The van der Waals surface area contributed by atoms with E-state index in [-0.39, 0.29) is 11.1 Å². The van der Waals surface area contributed by atoms with E-state index in [4.69, 9.17) is 33.2 Å². The number of aliphatic hydroxyl groups is 2. The van der Waals surface area contributed by atoms with E-state index >= 15 is 24.0 Å². The largest absolute Gasteiger partial charge is 0.507 e. The van der Waals surface area contributed by atoms with E-state index in [0.717, 1.165) is 18.2 Å². The lowest BCUT2D eigenvalue weighted by molar-refractivity contribution is -0.200. The van der Waals surface area contributed by atoms with Crippen molar-refractivity contribution in [1.82, 2.24) is 0 Å². The van der Waals surface area contributed by atoms with Gasteiger partial charge in [0.2, 0.25) is 34.4 Å². The van der Waals surface area contributed by atoms with Crippen LogP contribution >= 0.6 is 0 Å². The van der Waals surface area contributed by atoms with Crippen molar-refractivity contribution in [2.75, 3.05) is 6.61 Å². The van der Waals surface area contributed by atoms with Gasteiger partial charge in [0.25, 0.3) is 0 Å². The number of esters is 5. The summed E-state index contributed by atoms with van der Waals surface area (Å²) in [5, 5.41) is 202. The summed E-state index contributed by atoms with van der Waals surface area (Å²) in [6, 6.07) is 3.72. The molecule has 7 heterocycles. The number of ether oxygens (including phenoxy) is 7. The first-order chi connectivity index (χ1) is 40.6. The maximum Gasteiger partial charge on any atom is 0.340 e. The van der Waals surface area contributed by atoms with E-state index in [0.29, 0.717) is 18.2 Å². The number of carbonyl (C=O) groups excluding carboxylic acids is 6. The number of phenols is 16.